The molecule has 1 aliphatic rings. The monoisotopic (exact) mass is 394 g/mol. The Bertz CT molecular complexity index is 767. The molecule has 1 atom stereocenters. The average molecular weight is 395 g/mol. The summed E-state index contributed by atoms with van der Waals surface area (Å²) in [5.74, 6) is 0.0398. The Morgan fingerprint density at radius 3 is 2.66 bits per heavy atom. The van der Waals surface area contributed by atoms with Crippen molar-refractivity contribution in [2.45, 2.75) is 38.8 Å². The van der Waals surface area contributed by atoms with Gasteiger partial charge in [0.2, 0.25) is 11.8 Å². The molecule has 0 bridgehead atoms. The number of hydrogen-bond acceptors (Lipinski definition) is 4. The van der Waals surface area contributed by atoms with Crippen LogP contribution in [0.2, 0.25) is 0 Å². The van der Waals surface area contributed by atoms with E-state index in [0.717, 1.165) is 38.0 Å². The van der Waals surface area contributed by atoms with Crippen LogP contribution in [0.15, 0.2) is 54.9 Å². The van der Waals surface area contributed by atoms with Crippen LogP contribution < -0.4 is 10.6 Å². The molecular weight excluding hydrogens is 364 g/mol. The second kappa shape index (κ2) is 11.3. The molecule has 1 fully saturated rings. The van der Waals surface area contributed by atoms with Crippen LogP contribution in [0.3, 0.4) is 0 Å². The number of nitrogens with zero attached hydrogens (tertiary/aromatic N) is 2. The van der Waals surface area contributed by atoms with E-state index in [9.17, 15) is 9.59 Å². The van der Waals surface area contributed by atoms with Gasteiger partial charge in [-0.1, -0.05) is 30.3 Å². The number of nitrogens with one attached hydrogen (secondary N) is 2. The van der Waals surface area contributed by atoms with Gasteiger partial charge in [0.15, 0.2) is 0 Å². The van der Waals surface area contributed by atoms with Gasteiger partial charge in [-0.25, -0.2) is 0 Å². The number of benzene rings is 1. The van der Waals surface area contributed by atoms with E-state index in [4.69, 9.17) is 0 Å². The quantitative estimate of drug-likeness (QED) is 0.817. The highest BCUT2D eigenvalue weighted by atomic mass is 16.2. The largest absolute Gasteiger partial charge is 0.356 e. The first-order valence-corrected chi connectivity index (χ1v) is 10.4. The maximum atomic E-state index is 12.7. The van der Waals surface area contributed by atoms with Crippen molar-refractivity contribution in [2.24, 2.45) is 5.92 Å². The molecule has 6 nitrogen and oxygen atoms in total. The predicted octanol–water partition coefficient (Wildman–Crippen LogP) is 2.51. The van der Waals surface area contributed by atoms with E-state index >= 15 is 0 Å². The van der Waals surface area contributed by atoms with E-state index in [1.54, 1.807) is 12.4 Å². The molecule has 2 N–H and O–H groups in total. The summed E-state index contributed by atoms with van der Waals surface area (Å²) in [5, 5.41) is 6.03. The highest BCUT2D eigenvalue weighted by Gasteiger charge is 2.20. The van der Waals surface area contributed by atoms with Crippen LogP contribution in [0.4, 0.5) is 0 Å². The smallest absolute Gasteiger partial charge is 0.223 e. The number of aromatic nitrogens is 1. The summed E-state index contributed by atoms with van der Waals surface area (Å²) in [4.78, 5) is 31.2. The van der Waals surface area contributed by atoms with Gasteiger partial charge in [-0.05, 0) is 49.1 Å². The van der Waals surface area contributed by atoms with Crippen molar-refractivity contribution in [1.82, 2.24) is 20.5 Å². The van der Waals surface area contributed by atoms with E-state index in [2.05, 4.69) is 20.5 Å². The van der Waals surface area contributed by atoms with Crippen molar-refractivity contribution >= 4 is 11.8 Å². The second-order valence-corrected chi connectivity index (χ2v) is 7.56. The van der Waals surface area contributed by atoms with Gasteiger partial charge in [0.25, 0.3) is 0 Å². The van der Waals surface area contributed by atoms with Crippen molar-refractivity contribution in [3.8, 4) is 0 Å². The maximum absolute atomic E-state index is 12.7. The highest BCUT2D eigenvalue weighted by Crippen LogP contribution is 2.15. The van der Waals surface area contributed by atoms with E-state index in [1.165, 1.54) is 5.56 Å². The van der Waals surface area contributed by atoms with Gasteiger partial charge in [0, 0.05) is 50.9 Å². The molecule has 1 saturated heterocycles. The van der Waals surface area contributed by atoms with Gasteiger partial charge in [-0.15, -0.1) is 0 Å². The lowest BCUT2D eigenvalue weighted by atomic mass is 9.98. The molecule has 1 aliphatic heterocycles. The number of carbonyl (C=O) groups excluding carboxylic acids is 2. The number of pyridine rings is 1. The predicted molar refractivity (Wildman–Crippen MR) is 113 cm³/mol. The average Bonchev–Trinajstić information content (AvgIpc) is 2.79. The molecule has 0 radical (unpaired) electrons. The van der Waals surface area contributed by atoms with Crippen molar-refractivity contribution in [1.29, 1.82) is 0 Å². The van der Waals surface area contributed by atoms with Crippen LogP contribution in [-0.2, 0) is 22.7 Å². The first-order chi connectivity index (χ1) is 14.2. The fraction of sp³-hybridized carbons (Fsp3) is 0.435. The summed E-state index contributed by atoms with van der Waals surface area (Å²) in [5.41, 5.74) is 2.28. The number of amides is 2. The number of rotatable bonds is 5. The summed E-state index contributed by atoms with van der Waals surface area (Å²) < 4.78 is 0. The van der Waals surface area contributed by atoms with Crippen LogP contribution in [0, 0.1) is 5.92 Å². The minimum atomic E-state index is -0.0834. The third-order valence-electron chi connectivity index (χ3n) is 5.33. The minimum Gasteiger partial charge on any atom is -0.356 e. The van der Waals surface area contributed by atoms with Crippen LogP contribution in [-0.4, -0.2) is 41.3 Å². The molecular formula is C23H30N4O2. The Hall–Kier alpha value is -2.73. The summed E-state index contributed by atoms with van der Waals surface area (Å²) in [6.07, 6.45) is 6.50. The lowest BCUT2D eigenvalue weighted by Gasteiger charge is -2.22. The Morgan fingerprint density at radius 1 is 1.07 bits per heavy atom. The zero-order chi connectivity index (χ0) is 20.3. The topological polar surface area (TPSA) is 74.3 Å². The van der Waals surface area contributed by atoms with Crippen molar-refractivity contribution in [3.63, 3.8) is 0 Å². The summed E-state index contributed by atoms with van der Waals surface area (Å²) in [6.45, 7) is 3.47. The maximum Gasteiger partial charge on any atom is 0.223 e. The molecule has 1 aromatic heterocycles. The molecule has 0 saturated carbocycles. The first-order valence-electron chi connectivity index (χ1n) is 10.4. The van der Waals surface area contributed by atoms with Crippen LogP contribution in [0.1, 0.15) is 36.8 Å². The Labute approximate surface area is 172 Å². The fourth-order valence-corrected chi connectivity index (χ4v) is 3.65. The molecule has 154 valence electrons. The number of hydrogen-bond donors (Lipinski definition) is 2. The molecule has 3 rings (SSSR count). The van der Waals surface area contributed by atoms with Crippen molar-refractivity contribution in [3.05, 3.63) is 66.0 Å². The Kier molecular flexibility index (Phi) is 8.19. The summed E-state index contributed by atoms with van der Waals surface area (Å²) in [7, 11) is 0. The molecule has 1 aromatic carbocycles. The molecule has 2 amide bonds. The van der Waals surface area contributed by atoms with Gasteiger partial charge >= 0.3 is 0 Å². The molecule has 1 unspecified atom stereocenters. The standard InChI is InChI=1S/C23H30N4O2/c28-22-11-16-27(18-20-8-12-24-13-9-20)15-4-7-21(10-14-25-22)23(29)26-17-19-5-2-1-3-6-19/h1-3,5-6,8-9,12-13,21H,4,7,10-11,14-18H2,(H,25,28)(H,26,29). The van der Waals surface area contributed by atoms with Gasteiger partial charge in [0.1, 0.15) is 0 Å². The van der Waals surface area contributed by atoms with E-state index in [1.807, 2.05) is 42.5 Å². The molecule has 2 aromatic rings. The zero-order valence-corrected chi connectivity index (χ0v) is 16.8. The van der Waals surface area contributed by atoms with Gasteiger partial charge in [-0.3, -0.25) is 19.5 Å². The van der Waals surface area contributed by atoms with Crippen molar-refractivity contribution < 1.29 is 9.59 Å². The van der Waals surface area contributed by atoms with Crippen LogP contribution >= 0.6 is 0 Å². The Morgan fingerprint density at radius 2 is 1.86 bits per heavy atom. The Balaban J connectivity index is 1.56. The molecule has 29 heavy (non-hydrogen) atoms. The number of carbonyl (C=O) groups is 2. The molecule has 0 spiro atoms. The second-order valence-electron chi connectivity index (χ2n) is 7.56. The molecule has 6 heteroatoms. The highest BCUT2D eigenvalue weighted by molar-refractivity contribution is 5.79. The summed E-state index contributed by atoms with van der Waals surface area (Å²) >= 11 is 0. The first kappa shape index (κ1) is 21.0. The molecule has 2 heterocycles. The zero-order valence-electron chi connectivity index (χ0n) is 16.8. The fourth-order valence-electron chi connectivity index (χ4n) is 3.65. The minimum absolute atomic E-state index is 0.0510. The van der Waals surface area contributed by atoms with E-state index in [0.29, 0.717) is 25.9 Å². The van der Waals surface area contributed by atoms with Crippen molar-refractivity contribution in [2.75, 3.05) is 19.6 Å². The van der Waals surface area contributed by atoms with Crippen LogP contribution in [0.5, 0.6) is 0 Å². The van der Waals surface area contributed by atoms with Crippen LogP contribution in [0.25, 0.3) is 0 Å². The lowest BCUT2D eigenvalue weighted by Crippen LogP contribution is -2.33. The third-order valence-corrected chi connectivity index (χ3v) is 5.33. The third kappa shape index (κ3) is 7.31. The van der Waals surface area contributed by atoms with Gasteiger partial charge < -0.3 is 10.6 Å². The summed E-state index contributed by atoms with van der Waals surface area (Å²) in [6, 6.07) is 13.9. The van der Waals surface area contributed by atoms with E-state index < -0.39 is 0 Å². The van der Waals surface area contributed by atoms with Gasteiger partial charge in [-0.2, -0.15) is 0 Å². The lowest BCUT2D eigenvalue weighted by molar-refractivity contribution is -0.126. The normalized spacial score (nSPS) is 19.0. The van der Waals surface area contributed by atoms with Gasteiger partial charge in [0.05, 0.1) is 0 Å². The SMILES string of the molecule is O=C1CCN(Cc2ccncc2)CCCC(C(=O)NCc2ccccc2)CCN1. The van der Waals surface area contributed by atoms with E-state index in [-0.39, 0.29) is 17.7 Å². The molecule has 0 aliphatic carbocycles.